The zero-order chi connectivity index (χ0) is 5.11. The number of hydrogen-bond donors (Lipinski definition) is 1. The molecule has 1 rings (SSSR count). The fourth-order valence-electron chi connectivity index (χ4n) is 0.674. The van der Waals surface area contributed by atoms with E-state index in [2.05, 4.69) is 0 Å². The molecular weight excluding hydrogens is 109 g/mol. The van der Waals surface area contributed by atoms with Gasteiger partial charge in [-0.3, -0.25) is 0 Å². The zero-order valence-corrected chi connectivity index (χ0v) is 5.22. The summed E-state index contributed by atoms with van der Waals surface area (Å²) in [5, 5.41) is 8.75. The van der Waals surface area contributed by atoms with Crippen LogP contribution in [0, 0.1) is 0 Å². The lowest BCUT2D eigenvalue weighted by molar-refractivity contribution is 0.00665. The summed E-state index contributed by atoms with van der Waals surface area (Å²) < 4.78 is 0. The molecule has 0 spiro atoms. The molecule has 1 aliphatic rings. The fourth-order valence-corrected chi connectivity index (χ4v) is 1.66. The minimum atomic E-state index is 0.664. The maximum atomic E-state index is 8.75. The van der Waals surface area contributed by atoms with Gasteiger partial charge in [-0.15, -0.1) is 0 Å². The molecule has 0 saturated carbocycles. The second-order valence-electron chi connectivity index (χ2n) is 1.74. The molecule has 0 bridgehead atoms. The smallest absolute Gasteiger partial charge is 0.0276 e. The maximum absolute atomic E-state index is 8.75. The first-order valence-corrected chi connectivity index (χ1v) is 3.75. The van der Waals surface area contributed by atoms with Gasteiger partial charge in [0.2, 0.25) is 0 Å². The van der Waals surface area contributed by atoms with Crippen molar-refractivity contribution in [2.24, 2.45) is 0 Å². The Labute approximate surface area is 45.3 Å². The predicted octanol–water partition coefficient (Wildman–Crippen LogP) is 1.06. The van der Waals surface area contributed by atoms with Crippen LogP contribution in [0.4, 0.5) is 0 Å². The molecule has 42 valence electrons. The van der Waals surface area contributed by atoms with Crippen LogP contribution in [-0.4, -0.2) is 22.7 Å². The van der Waals surface area contributed by atoms with Gasteiger partial charge in [0.1, 0.15) is 0 Å². The topological polar surface area (TPSA) is 23.5 Å². The van der Waals surface area contributed by atoms with Crippen LogP contribution in [0.15, 0.2) is 0 Å². The van der Waals surface area contributed by atoms with Crippen LogP contribution in [0.1, 0.15) is 12.8 Å². The fraction of sp³-hybridized carbons (Fsp3) is 1.00. The van der Waals surface area contributed by atoms with E-state index in [0.29, 0.717) is 8.73 Å². The van der Waals surface area contributed by atoms with E-state index in [4.69, 9.17) is 5.21 Å². The van der Waals surface area contributed by atoms with Crippen molar-refractivity contribution in [3.8, 4) is 0 Å². The number of rotatable bonds is 0. The van der Waals surface area contributed by atoms with Crippen molar-refractivity contribution in [2.75, 3.05) is 12.7 Å². The van der Waals surface area contributed by atoms with E-state index < -0.39 is 0 Å². The Morgan fingerprint density at radius 3 is 2.57 bits per heavy atom. The molecule has 1 N–H and O–H groups in total. The van der Waals surface area contributed by atoms with Crippen LogP contribution in [0.2, 0.25) is 0 Å². The minimum absolute atomic E-state index is 0.664. The average Bonchev–Trinajstić information content (AvgIpc) is 1.69. The summed E-state index contributed by atoms with van der Waals surface area (Å²) in [5.74, 6) is 0. The van der Waals surface area contributed by atoms with Gasteiger partial charge in [-0.2, -0.15) is 4.83 Å². The standard InChI is InChI=1S/C4H10NOP/c6-5-3-1-2-4-7-5/h6-7H,1-4H2. The van der Waals surface area contributed by atoms with Crippen molar-refractivity contribution >= 4 is 8.73 Å². The first-order chi connectivity index (χ1) is 3.39. The molecule has 0 aromatic heterocycles. The van der Waals surface area contributed by atoms with Gasteiger partial charge in [-0.1, -0.05) is 0 Å². The third-order valence-corrected chi connectivity index (χ3v) is 2.26. The van der Waals surface area contributed by atoms with Crippen LogP contribution in [0.3, 0.4) is 0 Å². The molecule has 0 radical (unpaired) electrons. The van der Waals surface area contributed by atoms with Gasteiger partial charge in [0, 0.05) is 6.54 Å². The van der Waals surface area contributed by atoms with Crippen LogP contribution in [0.25, 0.3) is 0 Å². The molecule has 0 aromatic rings. The van der Waals surface area contributed by atoms with Gasteiger partial charge in [-0.25, -0.2) is 0 Å². The normalized spacial score (nSPS) is 28.7. The third-order valence-electron chi connectivity index (χ3n) is 1.09. The Morgan fingerprint density at radius 1 is 1.43 bits per heavy atom. The Hall–Kier alpha value is 0.350. The summed E-state index contributed by atoms with van der Waals surface area (Å²) in [6.07, 6.45) is 3.66. The quantitative estimate of drug-likeness (QED) is 0.482. The molecule has 1 fully saturated rings. The molecule has 0 amide bonds. The van der Waals surface area contributed by atoms with E-state index in [0.717, 1.165) is 6.54 Å². The van der Waals surface area contributed by atoms with Crippen molar-refractivity contribution < 1.29 is 5.21 Å². The van der Waals surface area contributed by atoms with Crippen LogP contribution in [0.5, 0.6) is 0 Å². The monoisotopic (exact) mass is 119 g/mol. The van der Waals surface area contributed by atoms with Crippen molar-refractivity contribution in [3.05, 3.63) is 0 Å². The van der Waals surface area contributed by atoms with Crippen molar-refractivity contribution in [1.82, 2.24) is 4.83 Å². The van der Waals surface area contributed by atoms with Gasteiger partial charge in [-0.05, 0) is 27.7 Å². The second kappa shape index (κ2) is 2.61. The van der Waals surface area contributed by atoms with E-state index in [1.807, 2.05) is 0 Å². The van der Waals surface area contributed by atoms with E-state index >= 15 is 0 Å². The van der Waals surface area contributed by atoms with E-state index in [1.165, 1.54) is 23.8 Å². The Bertz CT molecular complexity index is 53.7. The Kier molecular flexibility index (Phi) is 2.04. The molecule has 1 saturated heterocycles. The van der Waals surface area contributed by atoms with E-state index in [-0.39, 0.29) is 0 Å². The summed E-state index contributed by atoms with van der Waals surface area (Å²) in [4.78, 5) is 1.42. The van der Waals surface area contributed by atoms with Crippen molar-refractivity contribution in [2.45, 2.75) is 12.8 Å². The van der Waals surface area contributed by atoms with Crippen molar-refractivity contribution in [3.63, 3.8) is 0 Å². The number of nitrogens with zero attached hydrogens (tertiary/aromatic N) is 1. The summed E-state index contributed by atoms with van der Waals surface area (Å²) in [7, 11) is 0.664. The second-order valence-corrected chi connectivity index (χ2v) is 3.07. The Morgan fingerprint density at radius 2 is 2.29 bits per heavy atom. The van der Waals surface area contributed by atoms with Gasteiger partial charge < -0.3 is 5.21 Å². The van der Waals surface area contributed by atoms with E-state index in [9.17, 15) is 0 Å². The summed E-state index contributed by atoms with van der Waals surface area (Å²) in [5.41, 5.74) is 0. The highest BCUT2D eigenvalue weighted by Crippen LogP contribution is 2.22. The van der Waals surface area contributed by atoms with Gasteiger partial charge >= 0.3 is 0 Å². The minimum Gasteiger partial charge on any atom is -0.311 e. The largest absolute Gasteiger partial charge is 0.311 e. The number of hydroxylamine groups is 1. The lowest BCUT2D eigenvalue weighted by atomic mass is 10.3. The highest BCUT2D eigenvalue weighted by molar-refractivity contribution is 7.35. The molecule has 1 heterocycles. The lowest BCUT2D eigenvalue weighted by Gasteiger charge is -2.18. The predicted molar refractivity (Wildman–Crippen MR) is 30.9 cm³/mol. The van der Waals surface area contributed by atoms with Gasteiger partial charge in [0.25, 0.3) is 0 Å². The van der Waals surface area contributed by atoms with E-state index in [1.54, 1.807) is 0 Å². The molecular formula is C4H10NOP. The average molecular weight is 119 g/mol. The first kappa shape index (κ1) is 5.49. The summed E-state index contributed by atoms with van der Waals surface area (Å²) >= 11 is 0. The molecule has 2 nitrogen and oxygen atoms in total. The van der Waals surface area contributed by atoms with Crippen molar-refractivity contribution in [1.29, 1.82) is 0 Å². The molecule has 7 heavy (non-hydrogen) atoms. The molecule has 3 heteroatoms. The molecule has 0 aromatic carbocycles. The van der Waals surface area contributed by atoms with Crippen LogP contribution < -0.4 is 0 Å². The molecule has 0 aliphatic carbocycles. The van der Waals surface area contributed by atoms with Gasteiger partial charge in [0.15, 0.2) is 0 Å². The molecule has 1 unspecified atom stereocenters. The lowest BCUT2D eigenvalue weighted by Crippen LogP contribution is -2.14. The Balaban J connectivity index is 2.12. The molecule has 1 aliphatic heterocycles. The maximum Gasteiger partial charge on any atom is 0.0276 e. The van der Waals surface area contributed by atoms with Crippen LogP contribution in [-0.2, 0) is 0 Å². The summed E-state index contributed by atoms with van der Waals surface area (Å²) in [6.45, 7) is 0.887. The first-order valence-electron chi connectivity index (χ1n) is 2.59. The highest BCUT2D eigenvalue weighted by Gasteiger charge is 2.04. The van der Waals surface area contributed by atoms with Crippen LogP contribution >= 0.6 is 8.73 Å². The SMILES string of the molecule is ON1CCCCP1. The molecule has 1 atom stereocenters. The third kappa shape index (κ3) is 1.72. The highest BCUT2D eigenvalue weighted by atomic mass is 31.1. The van der Waals surface area contributed by atoms with Gasteiger partial charge in [0.05, 0.1) is 0 Å². The number of hydrogen-bond acceptors (Lipinski definition) is 2. The zero-order valence-electron chi connectivity index (χ0n) is 4.22. The summed E-state index contributed by atoms with van der Waals surface area (Å²) in [6, 6.07) is 0.